The van der Waals surface area contributed by atoms with Gasteiger partial charge in [-0.05, 0) is 18.8 Å². The molecule has 0 aliphatic carbocycles. The minimum atomic E-state index is -0.477. The lowest BCUT2D eigenvalue weighted by Gasteiger charge is -2.28. The Hall–Kier alpha value is -1.27. The van der Waals surface area contributed by atoms with E-state index >= 15 is 0 Å². The molecule has 1 aliphatic heterocycles. The lowest BCUT2D eigenvalue weighted by molar-refractivity contribution is 0.0425. The van der Waals surface area contributed by atoms with Crippen LogP contribution in [0, 0.1) is 5.92 Å². The molecule has 19 heavy (non-hydrogen) atoms. The third kappa shape index (κ3) is 2.42. The Labute approximate surface area is 114 Å². The molecule has 0 radical (unpaired) electrons. The maximum absolute atomic E-state index is 13.5. The predicted octanol–water partition coefficient (Wildman–Crippen LogP) is 2.42. The number of hydrogen-bond acceptors (Lipinski definition) is 4. The highest BCUT2D eigenvalue weighted by molar-refractivity contribution is 6.29. The first kappa shape index (κ1) is 12.7. The zero-order chi connectivity index (χ0) is 13.2. The summed E-state index contributed by atoms with van der Waals surface area (Å²) < 4.78 is 20.4. The zero-order valence-corrected chi connectivity index (χ0v) is 11.1. The number of alkyl halides is 1. The minimum absolute atomic E-state index is 0.211. The fourth-order valence-corrected chi connectivity index (χ4v) is 2.66. The standard InChI is InChI=1S/C12H14ClFN4O/c13-11-7-15-9-6-16-18(12(9)17-11)10(5-14)8-1-3-19-4-2-8/h6-8,10H,1-5H2. The number of fused-ring (bicyclic) bond motifs is 1. The largest absolute Gasteiger partial charge is 0.381 e. The number of ether oxygens (including phenoxy) is 1. The van der Waals surface area contributed by atoms with Crippen LogP contribution in [-0.2, 0) is 4.74 Å². The zero-order valence-electron chi connectivity index (χ0n) is 10.3. The summed E-state index contributed by atoms with van der Waals surface area (Å²) in [6, 6.07) is -0.325. The van der Waals surface area contributed by atoms with Gasteiger partial charge in [0, 0.05) is 13.2 Å². The second kappa shape index (κ2) is 5.38. The van der Waals surface area contributed by atoms with Crippen LogP contribution in [0.15, 0.2) is 12.4 Å². The molecule has 0 bridgehead atoms. The van der Waals surface area contributed by atoms with Gasteiger partial charge < -0.3 is 4.74 Å². The first-order valence-electron chi connectivity index (χ1n) is 6.29. The fraction of sp³-hybridized carbons (Fsp3) is 0.583. The number of hydrogen-bond donors (Lipinski definition) is 0. The van der Waals surface area contributed by atoms with E-state index < -0.39 is 6.67 Å². The van der Waals surface area contributed by atoms with E-state index in [2.05, 4.69) is 15.1 Å². The normalized spacial score (nSPS) is 18.8. The topological polar surface area (TPSA) is 52.8 Å². The molecule has 0 saturated carbocycles. The summed E-state index contributed by atoms with van der Waals surface area (Å²) in [6.07, 6.45) is 4.74. The number of halogens is 2. The number of aromatic nitrogens is 4. The van der Waals surface area contributed by atoms with Gasteiger partial charge in [-0.15, -0.1) is 0 Å². The molecule has 1 unspecified atom stereocenters. The molecular formula is C12H14ClFN4O. The van der Waals surface area contributed by atoms with Crippen LogP contribution in [0.25, 0.3) is 11.2 Å². The van der Waals surface area contributed by atoms with Gasteiger partial charge in [-0.25, -0.2) is 19.0 Å². The summed E-state index contributed by atoms with van der Waals surface area (Å²) in [7, 11) is 0. The summed E-state index contributed by atoms with van der Waals surface area (Å²) in [5, 5.41) is 4.53. The van der Waals surface area contributed by atoms with Gasteiger partial charge in [-0.2, -0.15) is 5.10 Å². The van der Waals surface area contributed by atoms with Crippen LogP contribution >= 0.6 is 11.6 Å². The monoisotopic (exact) mass is 284 g/mol. The van der Waals surface area contributed by atoms with Gasteiger partial charge in [-0.3, -0.25) is 0 Å². The summed E-state index contributed by atoms with van der Waals surface area (Å²) in [6.45, 7) is 0.870. The quantitative estimate of drug-likeness (QED) is 0.868. The molecule has 3 rings (SSSR count). The molecule has 102 valence electrons. The molecule has 0 aromatic carbocycles. The Morgan fingerprint density at radius 3 is 2.95 bits per heavy atom. The number of nitrogens with zero attached hydrogens (tertiary/aromatic N) is 4. The van der Waals surface area contributed by atoms with Crippen molar-refractivity contribution in [3.8, 4) is 0 Å². The fourth-order valence-electron chi connectivity index (χ4n) is 2.53. The highest BCUT2D eigenvalue weighted by atomic mass is 35.5. The molecule has 1 fully saturated rings. The van der Waals surface area contributed by atoms with Gasteiger partial charge in [0.15, 0.2) is 5.65 Å². The van der Waals surface area contributed by atoms with Crippen LogP contribution in [0.3, 0.4) is 0 Å². The summed E-state index contributed by atoms with van der Waals surface area (Å²) >= 11 is 5.85. The van der Waals surface area contributed by atoms with Crippen LogP contribution in [0.1, 0.15) is 18.9 Å². The Kier molecular flexibility index (Phi) is 3.61. The van der Waals surface area contributed by atoms with Crippen molar-refractivity contribution in [3.05, 3.63) is 17.5 Å². The molecule has 1 atom stereocenters. The van der Waals surface area contributed by atoms with Crippen molar-refractivity contribution < 1.29 is 9.13 Å². The van der Waals surface area contributed by atoms with E-state index in [4.69, 9.17) is 16.3 Å². The second-order valence-electron chi connectivity index (χ2n) is 4.66. The van der Waals surface area contributed by atoms with E-state index in [-0.39, 0.29) is 12.0 Å². The summed E-state index contributed by atoms with van der Waals surface area (Å²) in [5.74, 6) is 0.211. The van der Waals surface area contributed by atoms with Crippen LogP contribution in [0.2, 0.25) is 5.15 Å². The van der Waals surface area contributed by atoms with E-state index in [9.17, 15) is 4.39 Å². The van der Waals surface area contributed by atoms with Gasteiger partial charge >= 0.3 is 0 Å². The van der Waals surface area contributed by atoms with Crippen molar-refractivity contribution in [1.29, 1.82) is 0 Å². The van der Waals surface area contributed by atoms with E-state index in [0.29, 0.717) is 29.5 Å². The minimum Gasteiger partial charge on any atom is -0.381 e. The highest BCUT2D eigenvalue weighted by Crippen LogP contribution is 2.29. The van der Waals surface area contributed by atoms with Crippen molar-refractivity contribution in [2.75, 3.05) is 19.9 Å². The third-order valence-electron chi connectivity index (χ3n) is 3.56. The molecular weight excluding hydrogens is 271 g/mol. The molecule has 0 amide bonds. The smallest absolute Gasteiger partial charge is 0.178 e. The van der Waals surface area contributed by atoms with E-state index in [1.807, 2.05) is 0 Å². The average molecular weight is 285 g/mol. The van der Waals surface area contributed by atoms with Crippen molar-refractivity contribution in [3.63, 3.8) is 0 Å². The predicted molar refractivity (Wildman–Crippen MR) is 68.9 cm³/mol. The van der Waals surface area contributed by atoms with E-state index in [0.717, 1.165) is 12.8 Å². The molecule has 0 N–H and O–H groups in total. The van der Waals surface area contributed by atoms with Crippen molar-refractivity contribution in [1.82, 2.24) is 19.7 Å². The Morgan fingerprint density at radius 1 is 1.42 bits per heavy atom. The molecule has 1 aliphatic rings. The summed E-state index contributed by atoms with van der Waals surface area (Å²) in [5.41, 5.74) is 1.18. The first-order valence-corrected chi connectivity index (χ1v) is 6.67. The van der Waals surface area contributed by atoms with Crippen LogP contribution < -0.4 is 0 Å². The van der Waals surface area contributed by atoms with Crippen LogP contribution in [0.5, 0.6) is 0 Å². The van der Waals surface area contributed by atoms with Gasteiger partial charge in [0.25, 0.3) is 0 Å². The Balaban J connectivity index is 1.98. The Bertz CT molecular complexity index is 570. The van der Waals surface area contributed by atoms with E-state index in [1.165, 1.54) is 6.20 Å². The second-order valence-corrected chi connectivity index (χ2v) is 5.05. The molecule has 2 aromatic rings. The molecule has 5 nitrogen and oxygen atoms in total. The lowest BCUT2D eigenvalue weighted by Crippen LogP contribution is -2.28. The van der Waals surface area contributed by atoms with Gasteiger partial charge in [-0.1, -0.05) is 11.6 Å². The molecule has 0 spiro atoms. The maximum Gasteiger partial charge on any atom is 0.178 e. The SMILES string of the molecule is FCC(C1CCOCC1)n1ncc2ncc(Cl)nc21. The van der Waals surface area contributed by atoms with Gasteiger partial charge in [0.1, 0.15) is 17.3 Å². The van der Waals surface area contributed by atoms with Crippen LogP contribution in [0.4, 0.5) is 4.39 Å². The van der Waals surface area contributed by atoms with Gasteiger partial charge in [0.2, 0.25) is 0 Å². The third-order valence-corrected chi connectivity index (χ3v) is 3.74. The molecule has 3 heterocycles. The molecule has 7 heteroatoms. The lowest BCUT2D eigenvalue weighted by atomic mass is 9.92. The average Bonchev–Trinajstić information content (AvgIpc) is 2.84. The Morgan fingerprint density at radius 2 is 2.21 bits per heavy atom. The van der Waals surface area contributed by atoms with Crippen LogP contribution in [-0.4, -0.2) is 39.6 Å². The van der Waals surface area contributed by atoms with Crippen molar-refractivity contribution in [2.45, 2.75) is 18.9 Å². The number of rotatable bonds is 3. The molecule has 2 aromatic heterocycles. The van der Waals surface area contributed by atoms with Crippen molar-refractivity contribution in [2.24, 2.45) is 5.92 Å². The maximum atomic E-state index is 13.5. The molecule has 1 saturated heterocycles. The van der Waals surface area contributed by atoms with Crippen molar-refractivity contribution >= 4 is 22.8 Å². The first-order chi connectivity index (χ1) is 9.29. The summed E-state index contributed by atoms with van der Waals surface area (Å²) in [4.78, 5) is 8.34. The van der Waals surface area contributed by atoms with E-state index in [1.54, 1.807) is 10.9 Å². The van der Waals surface area contributed by atoms with Gasteiger partial charge in [0.05, 0.1) is 18.4 Å². The highest BCUT2D eigenvalue weighted by Gasteiger charge is 2.27.